The van der Waals surface area contributed by atoms with E-state index in [1.807, 2.05) is 0 Å². The molecule has 0 atom stereocenters. The first kappa shape index (κ1) is 15.9. The fourth-order valence-electron chi connectivity index (χ4n) is 2.79. The number of aryl methyl sites for hydroxylation is 2. The van der Waals surface area contributed by atoms with Gasteiger partial charge >= 0.3 is 0 Å². The zero-order valence-electron chi connectivity index (χ0n) is 13.3. The van der Waals surface area contributed by atoms with E-state index in [-0.39, 0.29) is 11.3 Å². The molecule has 0 spiro atoms. The van der Waals surface area contributed by atoms with E-state index in [9.17, 15) is 8.78 Å². The lowest BCUT2D eigenvalue weighted by Gasteiger charge is -2.34. The molecule has 0 amide bonds. The van der Waals surface area contributed by atoms with Crippen molar-refractivity contribution in [2.24, 2.45) is 5.73 Å². The molecule has 8 heteroatoms. The second kappa shape index (κ2) is 6.03. The molecule has 0 radical (unpaired) electrons. The monoisotopic (exact) mass is 346 g/mol. The molecule has 0 bridgehead atoms. The molecule has 1 aliphatic rings. The highest BCUT2D eigenvalue weighted by atomic mass is 19.1. The highest BCUT2D eigenvalue weighted by Crippen LogP contribution is 2.36. The summed E-state index contributed by atoms with van der Waals surface area (Å²) < 4.78 is 37.5. The van der Waals surface area contributed by atoms with Crippen LogP contribution in [0.4, 0.5) is 8.78 Å². The second-order valence-corrected chi connectivity index (χ2v) is 6.26. The molecule has 130 valence electrons. The second-order valence-electron chi connectivity index (χ2n) is 6.26. The van der Waals surface area contributed by atoms with Crippen LogP contribution < -0.4 is 5.73 Å². The van der Waals surface area contributed by atoms with Gasteiger partial charge in [0.05, 0.1) is 17.3 Å². The Morgan fingerprint density at radius 2 is 1.96 bits per heavy atom. The Bertz CT molecular complexity index is 902. The highest BCUT2D eigenvalue weighted by Gasteiger charge is 2.38. The van der Waals surface area contributed by atoms with Crippen LogP contribution in [0.3, 0.4) is 0 Å². The summed E-state index contributed by atoms with van der Waals surface area (Å²) in [6, 6.07) is 3.29. The van der Waals surface area contributed by atoms with Crippen LogP contribution in [0.15, 0.2) is 33.3 Å². The molecule has 0 unspecified atom stereocenters. The Kier molecular flexibility index (Phi) is 3.84. The standard InChI is InChI=1S/C17H16F2N4O2/c18-10-2-3-11(12(19)8-10)13-9-21-14(24-13)4-5-15-22-16(23-25-15)17(20)6-1-7-17/h2-3,8-9H,1,4-7,20H2. The van der Waals surface area contributed by atoms with Crippen molar-refractivity contribution < 1.29 is 17.7 Å². The van der Waals surface area contributed by atoms with E-state index in [1.165, 1.54) is 18.3 Å². The molecule has 0 aliphatic heterocycles. The van der Waals surface area contributed by atoms with Gasteiger partial charge in [-0.15, -0.1) is 0 Å². The summed E-state index contributed by atoms with van der Waals surface area (Å²) >= 11 is 0. The molecular formula is C17H16F2N4O2. The van der Waals surface area contributed by atoms with Gasteiger partial charge in [-0.3, -0.25) is 0 Å². The van der Waals surface area contributed by atoms with E-state index in [0.29, 0.717) is 30.4 Å². The summed E-state index contributed by atoms with van der Waals surface area (Å²) in [5.74, 6) is 0.309. The molecule has 2 N–H and O–H groups in total. The van der Waals surface area contributed by atoms with Crippen molar-refractivity contribution in [2.75, 3.05) is 0 Å². The van der Waals surface area contributed by atoms with Crippen LogP contribution in [-0.2, 0) is 18.4 Å². The fourth-order valence-corrected chi connectivity index (χ4v) is 2.79. The SMILES string of the molecule is NC1(c2noc(CCc3ncc(-c4ccc(F)cc4F)o3)n2)CCC1. The molecule has 2 aromatic heterocycles. The van der Waals surface area contributed by atoms with E-state index in [2.05, 4.69) is 15.1 Å². The molecule has 2 heterocycles. The van der Waals surface area contributed by atoms with E-state index in [1.54, 1.807) is 0 Å². The minimum atomic E-state index is -0.696. The van der Waals surface area contributed by atoms with Crippen LogP contribution in [0.5, 0.6) is 0 Å². The zero-order chi connectivity index (χ0) is 17.4. The molecule has 1 fully saturated rings. The van der Waals surface area contributed by atoms with Crippen molar-refractivity contribution in [3.05, 3.63) is 53.6 Å². The fraction of sp³-hybridized carbons (Fsp3) is 0.353. The summed E-state index contributed by atoms with van der Waals surface area (Å²) in [4.78, 5) is 8.45. The van der Waals surface area contributed by atoms with Gasteiger partial charge < -0.3 is 14.7 Å². The van der Waals surface area contributed by atoms with Crippen LogP contribution in [0.25, 0.3) is 11.3 Å². The minimum Gasteiger partial charge on any atom is -0.441 e. The van der Waals surface area contributed by atoms with Gasteiger partial charge in [0, 0.05) is 18.9 Å². The molecular weight excluding hydrogens is 330 g/mol. The van der Waals surface area contributed by atoms with Crippen molar-refractivity contribution in [2.45, 2.75) is 37.6 Å². The molecule has 25 heavy (non-hydrogen) atoms. The van der Waals surface area contributed by atoms with Crippen LogP contribution in [-0.4, -0.2) is 15.1 Å². The maximum Gasteiger partial charge on any atom is 0.227 e. The number of benzene rings is 1. The van der Waals surface area contributed by atoms with Crippen LogP contribution in [0.1, 0.15) is 36.9 Å². The lowest BCUT2D eigenvalue weighted by atomic mass is 9.77. The summed E-state index contributed by atoms with van der Waals surface area (Å²) in [5, 5.41) is 3.95. The Morgan fingerprint density at radius 1 is 1.16 bits per heavy atom. The van der Waals surface area contributed by atoms with Gasteiger partial charge in [-0.05, 0) is 31.4 Å². The molecule has 0 saturated heterocycles. The van der Waals surface area contributed by atoms with Crippen molar-refractivity contribution in [1.29, 1.82) is 0 Å². The lowest BCUT2D eigenvalue weighted by molar-refractivity contribution is 0.229. The van der Waals surface area contributed by atoms with Crippen molar-refractivity contribution in [1.82, 2.24) is 15.1 Å². The van der Waals surface area contributed by atoms with Crippen LogP contribution in [0, 0.1) is 11.6 Å². The Hall–Kier alpha value is -2.61. The average molecular weight is 346 g/mol. The Labute approximate surface area is 142 Å². The molecule has 3 aromatic rings. The van der Waals surface area contributed by atoms with Gasteiger partial charge in [-0.25, -0.2) is 13.8 Å². The first-order chi connectivity index (χ1) is 12.0. The van der Waals surface area contributed by atoms with Gasteiger partial charge in [-0.1, -0.05) is 5.16 Å². The van der Waals surface area contributed by atoms with Crippen molar-refractivity contribution >= 4 is 0 Å². The predicted octanol–water partition coefficient (Wildman–Crippen LogP) is 3.13. The molecule has 6 nitrogen and oxygen atoms in total. The number of halogens is 2. The van der Waals surface area contributed by atoms with E-state index < -0.39 is 17.2 Å². The largest absolute Gasteiger partial charge is 0.441 e. The Morgan fingerprint density at radius 3 is 2.68 bits per heavy atom. The lowest BCUT2D eigenvalue weighted by Crippen LogP contribution is -2.44. The first-order valence-corrected chi connectivity index (χ1v) is 8.06. The maximum absolute atomic E-state index is 13.8. The number of oxazole rings is 1. The number of nitrogens with zero attached hydrogens (tertiary/aromatic N) is 3. The zero-order valence-corrected chi connectivity index (χ0v) is 13.3. The third-order valence-corrected chi connectivity index (χ3v) is 4.46. The van der Waals surface area contributed by atoms with Gasteiger partial charge in [0.1, 0.15) is 11.6 Å². The summed E-state index contributed by atoms with van der Waals surface area (Å²) in [7, 11) is 0. The maximum atomic E-state index is 13.8. The molecule has 1 aromatic carbocycles. The quantitative estimate of drug-likeness (QED) is 0.763. The van der Waals surface area contributed by atoms with Gasteiger partial charge in [-0.2, -0.15) is 4.98 Å². The van der Waals surface area contributed by atoms with Crippen molar-refractivity contribution in [3.63, 3.8) is 0 Å². The molecule has 1 saturated carbocycles. The third-order valence-electron chi connectivity index (χ3n) is 4.46. The van der Waals surface area contributed by atoms with Crippen LogP contribution in [0.2, 0.25) is 0 Å². The van der Waals surface area contributed by atoms with Gasteiger partial charge in [0.2, 0.25) is 5.89 Å². The average Bonchev–Trinajstić information content (AvgIpc) is 3.20. The summed E-state index contributed by atoms with van der Waals surface area (Å²) in [6.45, 7) is 0. The number of hydrogen-bond acceptors (Lipinski definition) is 6. The van der Waals surface area contributed by atoms with E-state index in [4.69, 9.17) is 14.7 Å². The summed E-state index contributed by atoms with van der Waals surface area (Å²) in [6.07, 6.45) is 5.06. The number of hydrogen-bond donors (Lipinski definition) is 1. The molecule has 1 aliphatic carbocycles. The van der Waals surface area contributed by atoms with E-state index in [0.717, 1.165) is 25.3 Å². The van der Waals surface area contributed by atoms with Crippen molar-refractivity contribution in [3.8, 4) is 11.3 Å². The van der Waals surface area contributed by atoms with Gasteiger partial charge in [0.15, 0.2) is 17.5 Å². The normalized spacial score (nSPS) is 16.0. The van der Waals surface area contributed by atoms with Crippen LogP contribution >= 0.6 is 0 Å². The number of nitrogens with two attached hydrogens (primary N) is 1. The van der Waals surface area contributed by atoms with Gasteiger partial charge in [0.25, 0.3) is 0 Å². The topological polar surface area (TPSA) is 91.0 Å². The number of aromatic nitrogens is 3. The minimum absolute atomic E-state index is 0.162. The first-order valence-electron chi connectivity index (χ1n) is 8.06. The third kappa shape index (κ3) is 3.05. The number of rotatable bonds is 5. The Balaban J connectivity index is 1.43. The molecule has 4 rings (SSSR count). The highest BCUT2D eigenvalue weighted by molar-refractivity contribution is 5.57. The predicted molar refractivity (Wildman–Crippen MR) is 83.3 cm³/mol. The van der Waals surface area contributed by atoms with E-state index >= 15 is 0 Å². The summed E-state index contributed by atoms with van der Waals surface area (Å²) in [5.41, 5.74) is 5.86. The smallest absolute Gasteiger partial charge is 0.227 e.